The highest BCUT2D eigenvalue weighted by molar-refractivity contribution is 7.99. The number of amides is 2. The van der Waals surface area contributed by atoms with Gasteiger partial charge in [0.2, 0.25) is 5.91 Å². The summed E-state index contributed by atoms with van der Waals surface area (Å²) in [5.41, 5.74) is 1.52. The van der Waals surface area contributed by atoms with E-state index in [0.717, 1.165) is 28.6 Å². The maximum Gasteiger partial charge on any atom is 0.251 e. The second-order valence-corrected chi connectivity index (χ2v) is 9.55. The predicted molar refractivity (Wildman–Crippen MR) is 125 cm³/mol. The van der Waals surface area contributed by atoms with Crippen molar-refractivity contribution in [3.63, 3.8) is 0 Å². The molecular weight excluding hydrogens is 428 g/mol. The van der Waals surface area contributed by atoms with Crippen molar-refractivity contribution in [1.29, 1.82) is 0 Å². The van der Waals surface area contributed by atoms with Gasteiger partial charge in [-0.2, -0.15) is 0 Å². The van der Waals surface area contributed by atoms with E-state index in [9.17, 15) is 9.59 Å². The van der Waals surface area contributed by atoms with Crippen LogP contribution in [0.2, 0.25) is 0 Å². The Kier molecular flexibility index (Phi) is 7.43. The fourth-order valence-electron chi connectivity index (χ4n) is 3.70. The molecule has 1 aromatic carbocycles. The molecule has 0 saturated heterocycles. The van der Waals surface area contributed by atoms with Crippen LogP contribution in [0.5, 0.6) is 0 Å². The van der Waals surface area contributed by atoms with E-state index in [2.05, 4.69) is 15.6 Å². The smallest absolute Gasteiger partial charge is 0.251 e. The van der Waals surface area contributed by atoms with Crippen LogP contribution in [0.1, 0.15) is 47.3 Å². The molecule has 4 rings (SSSR count). The Hall–Kier alpha value is -2.58. The van der Waals surface area contributed by atoms with Crippen molar-refractivity contribution in [2.75, 3.05) is 5.75 Å². The monoisotopic (exact) mass is 454 g/mol. The Morgan fingerprint density at radius 1 is 1.13 bits per heavy atom. The Morgan fingerprint density at radius 2 is 1.94 bits per heavy atom. The molecule has 0 radical (unpaired) electrons. The maximum absolute atomic E-state index is 12.4. The van der Waals surface area contributed by atoms with Crippen molar-refractivity contribution >= 4 is 34.9 Å². The lowest BCUT2D eigenvalue weighted by Gasteiger charge is -2.22. The number of thioether (sulfide) groups is 1. The van der Waals surface area contributed by atoms with Crippen LogP contribution in [0.4, 0.5) is 0 Å². The quantitative estimate of drug-likeness (QED) is 0.495. The third kappa shape index (κ3) is 5.98. The van der Waals surface area contributed by atoms with E-state index in [0.29, 0.717) is 23.9 Å². The molecule has 3 aromatic rings. The van der Waals surface area contributed by atoms with Gasteiger partial charge in [-0.1, -0.05) is 37.1 Å². The summed E-state index contributed by atoms with van der Waals surface area (Å²) >= 11 is 3.05. The summed E-state index contributed by atoms with van der Waals surface area (Å²) in [6.07, 6.45) is 9.43. The van der Waals surface area contributed by atoms with E-state index in [-0.39, 0.29) is 11.8 Å². The summed E-state index contributed by atoms with van der Waals surface area (Å²) in [7, 11) is 0. The van der Waals surface area contributed by atoms with Gasteiger partial charge in [0.1, 0.15) is 0 Å². The fraction of sp³-hybridized carbons (Fsp3) is 0.348. The minimum absolute atomic E-state index is 0.0595. The largest absolute Gasteiger partial charge is 0.353 e. The van der Waals surface area contributed by atoms with Crippen molar-refractivity contribution in [2.45, 2.75) is 49.8 Å². The van der Waals surface area contributed by atoms with E-state index in [4.69, 9.17) is 0 Å². The van der Waals surface area contributed by atoms with E-state index in [1.54, 1.807) is 17.5 Å². The number of aromatic nitrogens is 2. The van der Waals surface area contributed by atoms with Gasteiger partial charge in [-0.25, -0.2) is 4.98 Å². The second-order valence-electron chi connectivity index (χ2n) is 7.58. The zero-order chi connectivity index (χ0) is 21.5. The lowest BCUT2D eigenvalue weighted by atomic mass is 9.95. The van der Waals surface area contributed by atoms with Gasteiger partial charge in [0.25, 0.3) is 5.91 Å². The lowest BCUT2D eigenvalue weighted by molar-refractivity contribution is -0.119. The number of nitrogens with zero attached hydrogens (tertiary/aromatic N) is 2. The Labute approximate surface area is 190 Å². The molecule has 0 spiro atoms. The molecule has 1 aliphatic rings. The van der Waals surface area contributed by atoms with Crippen LogP contribution in [0.15, 0.2) is 59.3 Å². The van der Waals surface area contributed by atoms with Gasteiger partial charge in [-0.15, -0.1) is 11.3 Å². The van der Waals surface area contributed by atoms with Crippen molar-refractivity contribution in [3.8, 4) is 5.69 Å². The number of rotatable bonds is 8. The van der Waals surface area contributed by atoms with Gasteiger partial charge in [-0.05, 0) is 48.6 Å². The molecule has 0 unspecified atom stereocenters. The third-order valence-corrected chi connectivity index (χ3v) is 7.16. The lowest BCUT2D eigenvalue weighted by Crippen LogP contribution is -2.37. The first-order valence-electron chi connectivity index (χ1n) is 10.6. The van der Waals surface area contributed by atoms with Crippen LogP contribution >= 0.6 is 23.1 Å². The molecule has 1 saturated carbocycles. The number of hydrogen-bond donors (Lipinski definition) is 2. The van der Waals surface area contributed by atoms with Gasteiger partial charge in [0.15, 0.2) is 5.16 Å². The topological polar surface area (TPSA) is 76.0 Å². The summed E-state index contributed by atoms with van der Waals surface area (Å²) in [5, 5.41) is 8.83. The Balaban J connectivity index is 1.32. The zero-order valence-corrected chi connectivity index (χ0v) is 18.9. The molecule has 8 heteroatoms. The summed E-state index contributed by atoms with van der Waals surface area (Å²) < 4.78 is 1.94. The Morgan fingerprint density at radius 3 is 2.68 bits per heavy atom. The normalized spacial score (nSPS) is 14.3. The summed E-state index contributed by atoms with van der Waals surface area (Å²) in [6, 6.07) is 11.7. The first-order valence-corrected chi connectivity index (χ1v) is 12.4. The molecule has 0 aliphatic heterocycles. The molecule has 6 nitrogen and oxygen atoms in total. The minimum Gasteiger partial charge on any atom is -0.353 e. The number of nitrogens with one attached hydrogen (secondary N) is 2. The van der Waals surface area contributed by atoms with Crippen molar-refractivity contribution in [3.05, 3.63) is 64.6 Å². The van der Waals surface area contributed by atoms with Crippen molar-refractivity contribution in [2.24, 2.45) is 0 Å². The van der Waals surface area contributed by atoms with Gasteiger partial charge in [0, 0.05) is 34.6 Å². The number of imidazole rings is 1. The summed E-state index contributed by atoms with van der Waals surface area (Å²) in [5.74, 6) is 0.306. The molecule has 2 amide bonds. The van der Waals surface area contributed by atoms with Crippen LogP contribution in [-0.2, 0) is 11.3 Å². The van der Waals surface area contributed by atoms with Gasteiger partial charge in [-0.3, -0.25) is 14.2 Å². The molecule has 162 valence electrons. The summed E-state index contributed by atoms with van der Waals surface area (Å²) in [4.78, 5) is 30.2. The van der Waals surface area contributed by atoms with E-state index >= 15 is 0 Å². The average molecular weight is 455 g/mol. The maximum atomic E-state index is 12.4. The van der Waals surface area contributed by atoms with E-state index < -0.39 is 0 Å². The SMILES string of the molecule is O=C(CSc1nccn1-c1ccc(C(=O)NCc2cccs2)cc1)NC1CCCCC1. The number of carbonyl (C=O) groups is 2. The molecule has 0 atom stereocenters. The molecule has 2 N–H and O–H groups in total. The highest BCUT2D eigenvalue weighted by Gasteiger charge is 2.16. The van der Waals surface area contributed by atoms with Crippen LogP contribution in [-0.4, -0.2) is 33.2 Å². The van der Waals surface area contributed by atoms with Crippen LogP contribution in [0.25, 0.3) is 5.69 Å². The van der Waals surface area contributed by atoms with Gasteiger partial charge < -0.3 is 10.6 Å². The van der Waals surface area contributed by atoms with Crippen molar-refractivity contribution < 1.29 is 9.59 Å². The standard InChI is InChI=1S/C23H26N4O2S2/c28-21(26-18-5-2-1-3-6-18)16-31-23-24-12-13-27(23)19-10-8-17(9-11-19)22(29)25-15-20-7-4-14-30-20/h4,7-14,18H,1-3,5-6,15-16H2,(H,25,29)(H,26,28). The van der Waals surface area contributed by atoms with Crippen LogP contribution in [0, 0.1) is 0 Å². The number of hydrogen-bond acceptors (Lipinski definition) is 5. The molecule has 0 bridgehead atoms. The fourth-order valence-corrected chi connectivity index (χ4v) is 5.12. The number of benzene rings is 1. The average Bonchev–Trinajstić information content (AvgIpc) is 3.49. The van der Waals surface area contributed by atoms with Crippen LogP contribution < -0.4 is 10.6 Å². The minimum atomic E-state index is -0.0976. The molecule has 1 aliphatic carbocycles. The Bertz CT molecular complexity index is 993. The molecule has 31 heavy (non-hydrogen) atoms. The highest BCUT2D eigenvalue weighted by Crippen LogP contribution is 2.22. The van der Waals surface area contributed by atoms with Crippen molar-refractivity contribution in [1.82, 2.24) is 20.2 Å². The molecule has 2 aromatic heterocycles. The number of thiophene rings is 1. The first kappa shape index (κ1) is 21.6. The van der Waals surface area contributed by atoms with Crippen LogP contribution in [0.3, 0.4) is 0 Å². The van der Waals surface area contributed by atoms with E-state index in [1.165, 1.54) is 31.0 Å². The molecule has 2 heterocycles. The zero-order valence-electron chi connectivity index (χ0n) is 17.3. The van der Waals surface area contributed by atoms with Gasteiger partial charge >= 0.3 is 0 Å². The molecule has 1 fully saturated rings. The second kappa shape index (κ2) is 10.6. The first-order chi connectivity index (χ1) is 15.2. The third-order valence-electron chi connectivity index (χ3n) is 5.32. The van der Waals surface area contributed by atoms with E-state index in [1.807, 2.05) is 52.5 Å². The summed E-state index contributed by atoms with van der Waals surface area (Å²) in [6.45, 7) is 0.531. The number of carbonyl (C=O) groups excluding carboxylic acids is 2. The van der Waals surface area contributed by atoms with Gasteiger partial charge in [0.05, 0.1) is 12.3 Å². The highest BCUT2D eigenvalue weighted by atomic mass is 32.2. The predicted octanol–water partition coefficient (Wildman–Crippen LogP) is 4.40. The molecular formula is C23H26N4O2S2.